The normalized spacial score (nSPS) is 18.0. The summed E-state index contributed by atoms with van der Waals surface area (Å²) in [4.78, 5) is 0. The van der Waals surface area contributed by atoms with Crippen LogP contribution in [0.25, 0.3) is 0 Å². The number of hydrogen-bond acceptors (Lipinski definition) is 6. The van der Waals surface area contributed by atoms with Gasteiger partial charge >= 0.3 is 0 Å². The summed E-state index contributed by atoms with van der Waals surface area (Å²) in [6.07, 6.45) is 1.22. The molecule has 0 aromatic heterocycles. The lowest BCUT2D eigenvalue weighted by Crippen LogP contribution is -2.43. The third-order valence-electron chi connectivity index (χ3n) is 4.69. The monoisotopic (exact) mass is 455 g/mol. The molecule has 0 fully saturated rings. The van der Waals surface area contributed by atoms with Crippen LogP contribution in [-0.4, -0.2) is 61.1 Å². The van der Waals surface area contributed by atoms with Gasteiger partial charge in [-0.3, -0.25) is 0 Å². The van der Waals surface area contributed by atoms with Gasteiger partial charge in [-0.1, -0.05) is 44.9 Å². The van der Waals surface area contributed by atoms with Gasteiger partial charge in [-0.2, -0.15) is 0 Å². The predicted molar refractivity (Wildman–Crippen MR) is 127 cm³/mol. The Hall–Kier alpha value is 0.620. The van der Waals surface area contributed by atoms with E-state index >= 15 is 0 Å². The molecule has 0 saturated heterocycles. The molecule has 0 aliphatic heterocycles. The van der Waals surface area contributed by atoms with Crippen molar-refractivity contribution in [2.75, 3.05) is 26.4 Å². The molecule has 8 heteroatoms. The number of rotatable bonds is 18. The van der Waals surface area contributed by atoms with E-state index in [1.54, 1.807) is 0 Å². The second-order valence-corrected chi connectivity index (χ2v) is 11.0. The van der Waals surface area contributed by atoms with Gasteiger partial charge in [0.15, 0.2) is 11.1 Å². The van der Waals surface area contributed by atoms with Gasteiger partial charge in [0.25, 0.3) is 0 Å². The highest BCUT2D eigenvalue weighted by Crippen LogP contribution is 2.48. The average molecular weight is 456 g/mol. The molecular formula is C21H47NO5P2. The molecule has 176 valence electrons. The number of hydrogen-bond donors (Lipinski definition) is 1. The van der Waals surface area contributed by atoms with Crippen LogP contribution in [0.1, 0.15) is 75.2 Å². The summed E-state index contributed by atoms with van der Waals surface area (Å²) >= 11 is 0. The Kier molecular flexibility index (Phi) is 15.8. The first-order chi connectivity index (χ1) is 13.7. The zero-order valence-electron chi connectivity index (χ0n) is 20.2. The van der Waals surface area contributed by atoms with E-state index in [0.29, 0.717) is 43.6 Å². The molecule has 29 heavy (non-hydrogen) atoms. The van der Waals surface area contributed by atoms with Crippen LogP contribution in [0, 0.1) is 0 Å². The molecule has 0 spiro atoms. The topological polar surface area (TPSA) is 72.2 Å². The van der Waals surface area contributed by atoms with E-state index in [-0.39, 0.29) is 23.6 Å². The van der Waals surface area contributed by atoms with Crippen LogP contribution < -0.4 is 5.73 Å². The summed E-state index contributed by atoms with van der Waals surface area (Å²) in [5.41, 5.74) is 5.37. The second kappa shape index (κ2) is 15.4. The summed E-state index contributed by atoms with van der Waals surface area (Å²) in [5, 5.41) is 0. The van der Waals surface area contributed by atoms with Crippen LogP contribution in [0.5, 0.6) is 0 Å². The van der Waals surface area contributed by atoms with Crippen LogP contribution >= 0.6 is 17.2 Å². The van der Waals surface area contributed by atoms with Gasteiger partial charge in [0, 0.05) is 50.6 Å². The summed E-state index contributed by atoms with van der Waals surface area (Å²) in [6, 6.07) is 0. The minimum atomic E-state index is -0.563. The second-order valence-electron chi connectivity index (χ2n) is 7.12. The van der Waals surface area contributed by atoms with Gasteiger partial charge < -0.3 is 29.4 Å². The lowest BCUT2D eigenvalue weighted by Gasteiger charge is -2.41. The van der Waals surface area contributed by atoms with Crippen molar-refractivity contribution in [3.05, 3.63) is 0 Å². The summed E-state index contributed by atoms with van der Waals surface area (Å²) in [7, 11) is 0.881. The van der Waals surface area contributed by atoms with Crippen molar-refractivity contribution in [1.29, 1.82) is 0 Å². The summed E-state index contributed by atoms with van der Waals surface area (Å²) in [5.74, 6) is 0. The van der Waals surface area contributed by atoms with E-state index in [4.69, 9.17) is 29.4 Å². The van der Waals surface area contributed by atoms with Crippen LogP contribution in [0.2, 0.25) is 0 Å². The zero-order valence-corrected chi connectivity index (χ0v) is 22.2. The third kappa shape index (κ3) is 10.2. The number of ether oxygens (including phenoxy) is 5. The SMILES string of the molecule is CCOC(CC)(OCC)PC(C)C(OC(C)N)C(C)PC(CC)(OCC)OCC. The van der Waals surface area contributed by atoms with E-state index in [1.807, 2.05) is 34.6 Å². The molecule has 0 aromatic rings. The van der Waals surface area contributed by atoms with Crippen LogP contribution in [-0.2, 0) is 23.7 Å². The fourth-order valence-corrected chi connectivity index (χ4v) is 7.53. The average Bonchev–Trinajstić information content (AvgIpc) is 2.66. The minimum Gasteiger partial charge on any atom is -0.359 e. The van der Waals surface area contributed by atoms with Crippen molar-refractivity contribution in [3.63, 3.8) is 0 Å². The molecule has 0 heterocycles. The van der Waals surface area contributed by atoms with E-state index in [2.05, 4.69) is 27.7 Å². The Morgan fingerprint density at radius 1 is 0.655 bits per heavy atom. The van der Waals surface area contributed by atoms with Gasteiger partial charge in [0.1, 0.15) is 6.23 Å². The van der Waals surface area contributed by atoms with Crippen LogP contribution in [0.15, 0.2) is 0 Å². The maximum atomic E-state index is 6.24. The van der Waals surface area contributed by atoms with Gasteiger partial charge in [0.2, 0.25) is 0 Å². The smallest absolute Gasteiger partial charge is 0.183 e. The standard InChI is InChI=1S/C21H47NO5P2/c1-10-20(23-12-3,24-13-4)28-16(7)19(27-18(9)22)17(8)29-21(11-2,25-14-5)26-15-6/h16-19,28-29H,10-15,22H2,1-9H3. The van der Waals surface area contributed by atoms with Gasteiger partial charge in [-0.15, -0.1) is 0 Å². The molecular weight excluding hydrogens is 408 g/mol. The molecule has 0 bridgehead atoms. The molecule has 5 unspecified atom stereocenters. The van der Waals surface area contributed by atoms with E-state index < -0.39 is 11.1 Å². The number of nitrogens with two attached hydrogens (primary N) is 1. The third-order valence-corrected chi connectivity index (χ3v) is 8.43. The van der Waals surface area contributed by atoms with Crippen molar-refractivity contribution in [3.8, 4) is 0 Å². The Bertz CT molecular complexity index is 371. The summed E-state index contributed by atoms with van der Waals surface area (Å²) < 4.78 is 30.6. The van der Waals surface area contributed by atoms with Crippen LogP contribution in [0.3, 0.4) is 0 Å². The van der Waals surface area contributed by atoms with E-state index in [0.717, 1.165) is 12.8 Å². The molecule has 2 N–H and O–H groups in total. The van der Waals surface area contributed by atoms with Crippen LogP contribution in [0.4, 0.5) is 0 Å². The molecule has 0 aliphatic carbocycles. The fraction of sp³-hybridized carbons (Fsp3) is 1.00. The van der Waals surface area contributed by atoms with Gasteiger partial charge in [-0.05, 0) is 34.6 Å². The molecule has 0 radical (unpaired) electrons. The minimum absolute atomic E-state index is 0.0367. The Balaban J connectivity index is 5.58. The highest BCUT2D eigenvalue weighted by atomic mass is 31.1. The first-order valence-corrected chi connectivity index (χ1v) is 13.4. The predicted octanol–water partition coefficient (Wildman–Crippen LogP) is 5.08. The van der Waals surface area contributed by atoms with E-state index in [9.17, 15) is 0 Å². The highest BCUT2D eigenvalue weighted by Gasteiger charge is 2.40. The zero-order chi connectivity index (χ0) is 22.5. The fourth-order valence-electron chi connectivity index (χ4n) is 3.57. The molecule has 0 aromatic carbocycles. The van der Waals surface area contributed by atoms with Crippen molar-refractivity contribution in [2.45, 2.75) is 110 Å². The van der Waals surface area contributed by atoms with Gasteiger partial charge in [0.05, 0.1) is 6.10 Å². The Labute approximate surface area is 183 Å². The van der Waals surface area contributed by atoms with Crippen molar-refractivity contribution < 1.29 is 23.7 Å². The maximum Gasteiger partial charge on any atom is 0.183 e. The maximum absolute atomic E-state index is 6.24. The van der Waals surface area contributed by atoms with E-state index in [1.165, 1.54) is 0 Å². The van der Waals surface area contributed by atoms with Crippen molar-refractivity contribution in [2.24, 2.45) is 5.73 Å². The van der Waals surface area contributed by atoms with Crippen molar-refractivity contribution in [1.82, 2.24) is 0 Å². The molecule has 0 rings (SSSR count). The molecule has 0 amide bonds. The quantitative estimate of drug-likeness (QED) is 0.229. The molecule has 6 nitrogen and oxygen atoms in total. The highest BCUT2D eigenvalue weighted by molar-refractivity contribution is 7.41. The lowest BCUT2D eigenvalue weighted by molar-refractivity contribution is -0.171. The lowest BCUT2D eigenvalue weighted by atomic mass is 10.2. The first kappa shape index (κ1) is 29.6. The Morgan fingerprint density at radius 2 is 0.966 bits per heavy atom. The molecule has 5 atom stereocenters. The molecule has 0 aliphatic rings. The largest absolute Gasteiger partial charge is 0.359 e. The van der Waals surface area contributed by atoms with Gasteiger partial charge in [-0.25, -0.2) is 0 Å². The Morgan fingerprint density at radius 3 is 1.17 bits per heavy atom. The molecule has 0 saturated carbocycles. The first-order valence-electron chi connectivity index (χ1n) is 11.2. The van der Waals surface area contributed by atoms with Crippen molar-refractivity contribution >= 4 is 17.2 Å². The summed E-state index contributed by atoms with van der Waals surface area (Å²) in [6.45, 7) is 21.1.